The monoisotopic (exact) mass is 263 g/mol. The quantitative estimate of drug-likeness (QED) is 0.866. The molecule has 15 heavy (non-hydrogen) atoms. The SMILES string of the molecule is Brc1cccc(NCc2ccccn2)n1. The highest BCUT2D eigenvalue weighted by Gasteiger charge is 1.95. The van der Waals surface area contributed by atoms with Gasteiger partial charge in [0, 0.05) is 6.20 Å². The van der Waals surface area contributed by atoms with E-state index < -0.39 is 0 Å². The van der Waals surface area contributed by atoms with E-state index in [2.05, 4.69) is 31.2 Å². The van der Waals surface area contributed by atoms with Gasteiger partial charge in [0.1, 0.15) is 10.4 Å². The first-order valence-corrected chi connectivity index (χ1v) is 5.40. The Morgan fingerprint density at radius 2 is 2.07 bits per heavy atom. The molecular weight excluding hydrogens is 254 g/mol. The Balaban J connectivity index is 1.99. The van der Waals surface area contributed by atoms with Crippen molar-refractivity contribution in [2.24, 2.45) is 0 Å². The predicted molar refractivity (Wildman–Crippen MR) is 63.5 cm³/mol. The molecule has 0 aliphatic rings. The van der Waals surface area contributed by atoms with Gasteiger partial charge in [-0.1, -0.05) is 12.1 Å². The van der Waals surface area contributed by atoms with Crippen LogP contribution < -0.4 is 5.32 Å². The van der Waals surface area contributed by atoms with E-state index in [9.17, 15) is 0 Å². The molecule has 0 unspecified atom stereocenters. The lowest BCUT2D eigenvalue weighted by Crippen LogP contribution is -2.02. The molecule has 0 aliphatic heterocycles. The number of nitrogens with one attached hydrogen (secondary N) is 1. The molecule has 2 aromatic rings. The van der Waals surface area contributed by atoms with E-state index in [4.69, 9.17) is 0 Å². The van der Waals surface area contributed by atoms with E-state index >= 15 is 0 Å². The number of nitrogens with zero attached hydrogens (tertiary/aromatic N) is 2. The van der Waals surface area contributed by atoms with Crippen molar-refractivity contribution in [3.05, 3.63) is 52.9 Å². The van der Waals surface area contributed by atoms with E-state index in [1.807, 2.05) is 36.4 Å². The minimum Gasteiger partial charge on any atom is -0.364 e. The number of halogens is 1. The average Bonchev–Trinajstić information content (AvgIpc) is 2.28. The molecule has 0 radical (unpaired) electrons. The highest BCUT2D eigenvalue weighted by Crippen LogP contribution is 2.10. The fourth-order valence-corrected chi connectivity index (χ4v) is 1.53. The van der Waals surface area contributed by atoms with E-state index in [0.717, 1.165) is 16.1 Å². The van der Waals surface area contributed by atoms with Crippen molar-refractivity contribution in [1.29, 1.82) is 0 Å². The molecule has 0 bridgehead atoms. The molecule has 2 heterocycles. The molecule has 4 heteroatoms. The molecule has 3 nitrogen and oxygen atoms in total. The summed E-state index contributed by atoms with van der Waals surface area (Å²) in [5, 5.41) is 3.20. The topological polar surface area (TPSA) is 37.8 Å². The van der Waals surface area contributed by atoms with Crippen LogP contribution in [-0.2, 0) is 6.54 Å². The van der Waals surface area contributed by atoms with Crippen molar-refractivity contribution < 1.29 is 0 Å². The lowest BCUT2D eigenvalue weighted by molar-refractivity contribution is 1.03. The van der Waals surface area contributed by atoms with Crippen molar-refractivity contribution >= 4 is 21.7 Å². The van der Waals surface area contributed by atoms with Gasteiger partial charge in [-0.3, -0.25) is 4.98 Å². The summed E-state index contributed by atoms with van der Waals surface area (Å²) in [4.78, 5) is 8.48. The van der Waals surface area contributed by atoms with Gasteiger partial charge in [-0.05, 0) is 40.2 Å². The lowest BCUT2D eigenvalue weighted by atomic mass is 10.3. The summed E-state index contributed by atoms with van der Waals surface area (Å²) in [6, 6.07) is 11.6. The third-order valence-corrected chi connectivity index (χ3v) is 2.33. The second-order valence-corrected chi connectivity index (χ2v) is 3.83. The van der Waals surface area contributed by atoms with Crippen molar-refractivity contribution in [1.82, 2.24) is 9.97 Å². The maximum absolute atomic E-state index is 4.27. The van der Waals surface area contributed by atoms with Crippen molar-refractivity contribution in [3.8, 4) is 0 Å². The predicted octanol–water partition coefficient (Wildman–Crippen LogP) is 2.85. The first kappa shape index (κ1) is 10.1. The summed E-state index contributed by atoms with van der Waals surface area (Å²) in [7, 11) is 0. The maximum atomic E-state index is 4.27. The van der Waals surface area contributed by atoms with Gasteiger partial charge in [0.15, 0.2) is 0 Å². The highest BCUT2D eigenvalue weighted by atomic mass is 79.9. The van der Waals surface area contributed by atoms with Crippen LogP contribution in [0.1, 0.15) is 5.69 Å². The first-order chi connectivity index (χ1) is 7.34. The molecule has 0 amide bonds. The molecule has 2 rings (SSSR count). The maximum Gasteiger partial charge on any atom is 0.127 e. The van der Waals surface area contributed by atoms with Gasteiger partial charge < -0.3 is 5.32 Å². The van der Waals surface area contributed by atoms with Crippen LogP contribution >= 0.6 is 15.9 Å². The lowest BCUT2D eigenvalue weighted by Gasteiger charge is -2.04. The van der Waals surface area contributed by atoms with E-state index in [1.165, 1.54) is 0 Å². The standard InChI is InChI=1S/C11H10BrN3/c12-10-5-3-6-11(15-10)14-8-9-4-1-2-7-13-9/h1-7H,8H2,(H,14,15). The van der Waals surface area contributed by atoms with E-state index in [1.54, 1.807) is 6.20 Å². The molecule has 0 saturated carbocycles. The fourth-order valence-electron chi connectivity index (χ4n) is 1.19. The number of rotatable bonds is 3. The number of anilines is 1. The van der Waals surface area contributed by atoms with Crippen molar-refractivity contribution in [2.75, 3.05) is 5.32 Å². The summed E-state index contributed by atoms with van der Waals surface area (Å²) in [6.07, 6.45) is 1.78. The Bertz CT molecular complexity index is 431. The smallest absolute Gasteiger partial charge is 0.127 e. The van der Waals surface area contributed by atoms with Crippen LogP contribution in [0.3, 0.4) is 0 Å². The van der Waals surface area contributed by atoms with Gasteiger partial charge in [-0.25, -0.2) is 4.98 Å². The van der Waals surface area contributed by atoms with Crippen LogP contribution in [0.25, 0.3) is 0 Å². The molecule has 0 aromatic carbocycles. The van der Waals surface area contributed by atoms with Gasteiger partial charge >= 0.3 is 0 Å². The van der Waals surface area contributed by atoms with Crippen LogP contribution in [0.2, 0.25) is 0 Å². The molecule has 0 saturated heterocycles. The average molecular weight is 264 g/mol. The highest BCUT2D eigenvalue weighted by molar-refractivity contribution is 9.10. The van der Waals surface area contributed by atoms with Crippen LogP contribution in [0.5, 0.6) is 0 Å². The molecule has 0 fully saturated rings. The number of hydrogen-bond donors (Lipinski definition) is 1. The van der Waals surface area contributed by atoms with Crippen LogP contribution in [0, 0.1) is 0 Å². The summed E-state index contributed by atoms with van der Waals surface area (Å²) in [5.41, 5.74) is 0.999. The number of pyridine rings is 2. The Morgan fingerprint density at radius 3 is 2.80 bits per heavy atom. The molecule has 0 spiro atoms. The molecule has 0 aliphatic carbocycles. The number of hydrogen-bond acceptors (Lipinski definition) is 3. The van der Waals surface area contributed by atoms with Gasteiger partial charge in [0.2, 0.25) is 0 Å². The minimum atomic E-state index is 0.685. The van der Waals surface area contributed by atoms with Crippen molar-refractivity contribution in [3.63, 3.8) is 0 Å². The minimum absolute atomic E-state index is 0.685. The normalized spacial score (nSPS) is 9.93. The first-order valence-electron chi connectivity index (χ1n) is 4.61. The Morgan fingerprint density at radius 1 is 1.13 bits per heavy atom. The summed E-state index contributed by atoms with van der Waals surface area (Å²) in [6.45, 7) is 0.685. The summed E-state index contributed by atoms with van der Waals surface area (Å²) in [5.74, 6) is 0.843. The molecule has 2 aromatic heterocycles. The summed E-state index contributed by atoms with van der Waals surface area (Å²) < 4.78 is 0.827. The van der Waals surface area contributed by atoms with Crippen LogP contribution in [-0.4, -0.2) is 9.97 Å². The Labute approximate surface area is 96.7 Å². The van der Waals surface area contributed by atoms with Crippen molar-refractivity contribution in [2.45, 2.75) is 6.54 Å². The third kappa shape index (κ3) is 3.02. The zero-order valence-electron chi connectivity index (χ0n) is 8.02. The zero-order chi connectivity index (χ0) is 10.5. The zero-order valence-corrected chi connectivity index (χ0v) is 9.61. The van der Waals surface area contributed by atoms with Gasteiger partial charge in [-0.2, -0.15) is 0 Å². The summed E-state index contributed by atoms with van der Waals surface area (Å²) >= 11 is 3.32. The van der Waals surface area contributed by atoms with Gasteiger partial charge in [-0.15, -0.1) is 0 Å². The van der Waals surface area contributed by atoms with Gasteiger partial charge in [0.25, 0.3) is 0 Å². The Hall–Kier alpha value is -1.42. The molecule has 0 atom stereocenters. The third-order valence-electron chi connectivity index (χ3n) is 1.89. The van der Waals surface area contributed by atoms with Crippen LogP contribution in [0.4, 0.5) is 5.82 Å². The second kappa shape index (κ2) is 4.89. The van der Waals surface area contributed by atoms with E-state index in [-0.39, 0.29) is 0 Å². The molecule has 1 N–H and O–H groups in total. The van der Waals surface area contributed by atoms with E-state index in [0.29, 0.717) is 6.54 Å². The molecular formula is C11H10BrN3. The molecule has 76 valence electrons. The second-order valence-electron chi connectivity index (χ2n) is 3.02. The van der Waals surface area contributed by atoms with Crippen LogP contribution in [0.15, 0.2) is 47.2 Å². The Kier molecular flexibility index (Phi) is 3.29. The number of aromatic nitrogens is 2. The van der Waals surface area contributed by atoms with Gasteiger partial charge in [0.05, 0.1) is 12.2 Å². The fraction of sp³-hybridized carbons (Fsp3) is 0.0909. The largest absolute Gasteiger partial charge is 0.364 e.